The van der Waals surface area contributed by atoms with Gasteiger partial charge in [0.2, 0.25) is 5.91 Å². The third-order valence-electron chi connectivity index (χ3n) is 5.36. The van der Waals surface area contributed by atoms with E-state index < -0.39 is 0 Å². The molecule has 25 heavy (non-hydrogen) atoms. The molecule has 1 aromatic rings. The summed E-state index contributed by atoms with van der Waals surface area (Å²) in [6.45, 7) is 2.71. The van der Waals surface area contributed by atoms with Crippen LogP contribution in [0.3, 0.4) is 0 Å². The quantitative estimate of drug-likeness (QED) is 0.817. The Morgan fingerprint density at radius 3 is 3.04 bits per heavy atom. The summed E-state index contributed by atoms with van der Waals surface area (Å²) in [5.41, 5.74) is 0.588. The second-order valence-electron chi connectivity index (χ2n) is 7.00. The summed E-state index contributed by atoms with van der Waals surface area (Å²) in [7, 11) is 3.19. The zero-order chi connectivity index (χ0) is 17.9. The van der Waals surface area contributed by atoms with Crippen molar-refractivity contribution in [3.05, 3.63) is 29.6 Å². The first kappa shape index (κ1) is 18.1. The van der Waals surface area contributed by atoms with Gasteiger partial charge in [-0.3, -0.25) is 4.79 Å². The van der Waals surface area contributed by atoms with Crippen LogP contribution in [-0.2, 0) is 20.7 Å². The lowest BCUT2D eigenvalue weighted by molar-refractivity contribution is -0.161. The van der Waals surface area contributed by atoms with Crippen LogP contribution in [0.4, 0.5) is 4.39 Å². The van der Waals surface area contributed by atoms with E-state index in [1.807, 2.05) is 4.90 Å². The standard InChI is InChI=1S/C19H26FNO4/c1-23-13-19-7-3-9-25-17(19)6-8-21(12-19)18(22)10-14-4-5-15(20)11-16(14)24-2/h4-5,11,17H,3,6-10,12-13H2,1-2H3/t17-,19+/m0/s1. The van der Waals surface area contributed by atoms with Gasteiger partial charge in [-0.05, 0) is 25.3 Å². The first-order chi connectivity index (χ1) is 12.1. The molecule has 1 aromatic carbocycles. The lowest BCUT2D eigenvalue weighted by Crippen LogP contribution is -2.58. The average molecular weight is 351 g/mol. The van der Waals surface area contributed by atoms with Gasteiger partial charge in [0.15, 0.2) is 0 Å². The Morgan fingerprint density at radius 2 is 2.28 bits per heavy atom. The van der Waals surface area contributed by atoms with Crippen molar-refractivity contribution in [2.75, 3.05) is 40.5 Å². The van der Waals surface area contributed by atoms with Gasteiger partial charge in [0.05, 0.1) is 26.2 Å². The van der Waals surface area contributed by atoms with Crippen molar-refractivity contribution in [2.24, 2.45) is 5.41 Å². The summed E-state index contributed by atoms with van der Waals surface area (Å²) in [5.74, 6) is 0.0764. The second kappa shape index (κ2) is 7.70. The highest BCUT2D eigenvalue weighted by Gasteiger charge is 2.46. The smallest absolute Gasteiger partial charge is 0.227 e. The molecule has 2 fully saturated rings. The average Bonchev–Trinajstić information content (AvgIpc) is 2.62. The fourth-order valence-electron chi connectivity index (χ4n) is 4.14. The highest BCUT2D eigenvalue weighted by molar-refractivity contribution is 5.79. The zero-order valence-electron chi connectivity index (χ0n) is 14.9. The molecular formula is C19H26FNO4. The van der Waals surface area contributed by atoms with Crippen LogP contribution in [0.1, 0.15) is 24.8 Å². The lowest BCUT2D eigenvalue weighted by Gasteiger charge is -2.50. The number of hydrogen-bond acceptors (Lipinski definition) is 4. The molecule has 2 aliphatic heterocycles. The normalized spacial score (nSPS) is 26.2. The van der Waals surface area contributed by atoms with Gasteiger partial charge in [-0.2, -0.15) is 0 Å². The van der Waals surface area contributed by atoms with E-state index in [1.54, 1.807) is 13.2 Å². The fourth-order valence-corrected chi connectivity index (χ4v) is 4.14. The van der Waals surface area contributed by atoms with Gasteiger partial charge in [-0.1, -0.05) is 6.07 Å². The van der Waals surface area contributed by atoms with E-state index in [0.29, 0.717) is 31.0 Å². The largest absolute Gasteiger partial charge is 0.496 e. The van der Waals surface area contributed by atoms with Gasteiger partial charge in [0.1, 0.15) is 11.6 Å². The van der Waals surface area contributed by atoms with E-state index in [2.05, 4.69) is 0 Å². The number of rotatable bonds is 5. The molecule has 2 atom stereocenters. The number of amides is 1. The molecular weight excluding hydrogens is 325 g/mol. The second-order valence-corrected chi connectivity index (χ2v) is 7.00. The maximum absolute atomic E-state index is 13.3. The molecule has 0 aromatic heterocycles. The van der Waals surface area contributed by atoms with Crippen molar-refractivity contribution in [3.63, 3.8) is 0 Å². The van der Waals surface area contributed by atoms with Crippen LogP contribution < -0.4 is 4.74 Å². The van der Waals surface area contributed by atoms with Crippen LogP contribution in [-0.4, -0.2) is 57.4 Å². The number of halogens is 1. The molecule has 0 N–H and O–H groups in total. The maximum Gasteiger partial charge on any atom is 0.227 e. The van der Waals surface area contributed by atoms with E-state index in [4.69, 9.17) is 14.2 Å². The van der Waals surface area contributed by atoms with Crippen molar-refractivity contribution < 1.29 is 23.4 Å². The first-order valence-electron chi connectivity index (χ1n) is 8.79. The highest BCUT2D eigenvalue weighted by atomic mass is 19.1. The topological polar surface area (TPSA) is 48.0 Å². The Labute approximate surface area is 148 Å². The van der Waals surface area contributed by atoms with Crippen molar-refractivity contribution in [2.45, 2.75) is 31.8 Å². The predicted molar refractivity (Wildman–Crippen MR) is 91.1 cm³/mol. The number of hydrogen-bond donors (Lipinski definition) is 0. The van der Waals surface area contributed by atoms with Gasteiger partial charge < -0.3 is 19.1 Å². The first-order valence-corrected chi connectivity index (χ1v) is 8.79. The van der Waals surface area contributed by atoms with Crippen LogP contribution in [0.2, 0.25) is 0 Å². The number of ether oxygens (including phenoxy) is 3. The van der Waals surface area contributed by atoms with Crippen LogP contribution in [0, 0.1) is 11.2 Å². The minimum atomic E-state index is -0.368. The monoisotopic (exact) mass is 351 g/mol. The van der Waals surface area contributed by atoms with E-state index in [9.17, 15) is 9.18 Å². The number of carbonyl (C=O) groups is 1. The Hall–Kier alpha value is -1.66. The summed E-state index contributed by atoms with van der Waals surface area (Å²) in [6.07, 6.45) is 3.20. The highest BCUT2D eigenvalue weighted by Crippen LogP contribution is 2.40. The summed E-state index contributed by atoms with van der Waals surface area (Å²) < 4.78 is 30.0. The van der Waals surface area contributed by atoms with Crippen LogP contribution in [0.5, 0.6) is 5.75 Å². The van der Waals surface area contributed by atoms with E-state index >= 15 is 0 Å². The van der Waals surface area contributed by atoms with E-state index in [1.165, 1.54) is 19.2 Å². The zero-order valence-corrected chi connectivity index (χ0v) is 14.9. The third-order valence-corrected chi connectivity index (χ3v) is 5.36. The lowest BCUT2D eigenvalue weighted by atomic mass is 9.73. The number of nitrogens with zero attached hydrogens (tertiary/aromatic N) is 1. The molecule has 2 heterocycles. The number of methoxy groups -OCH3 is 2. The molecule has 0 radical (unpaired) electrons. The van der Waals surface area contributed by atoms with Gasteiger partial charge in [-0.25, -0.2) is 4.39 Å². The summed E-state index contributed by atoms with van der Waals surface area (Å²) in [6, 6.07) is 4.29. The molecule has 5 nitrogen and oxygen atoms in total. The molecule has 3 rings (SSSR count). The molecule has 0 spiro atoms. The Kier molecular flexibility index (Phi) is 5.59. The SMILES string of the molecule is COC[C@]12CCCO[C@H]1CCN(C(=O)Cc1ccc(F)cc1OC)C2. The minimum Gasteiger partial charge on any atom is -0.496 e. The van der Waals surface area contributed by atoms with Gasteiger partial charge >= 0.3 is 0 Å². The van der Waals surface area contributed by atoms with Crippen molar-refractivity contribution >= 4 is 5.91 Å². The molecule has 1 amide bonds. The van der Waals surface area contributed by atoms with Gasteiger partial charge in [-0.15, -0.1) is 0 Å². The van der Waals surface area contributed by atoms with Gasteiger partial charge in [0.25, 0.3) is 0 Å². The van der Waals surface area contributed by atoms with E-state index in [0.717, 1.165) is 25.9 Å². The molecule has 2 aliphatic rings. The third kappa shape index (κ3) is 3.80. The Bertz CT molecular complexity index is 619. The molecule has 0 bridgehead atoms. The van der Waals surface area contributed by atoms with Gasteiger partial charge in [0, 0.05) is 43.9 Å². The fraction of sp³-hybridized carbons (Fsp3) is 0.632. The Balaban J connectivity index is 1.72. The van der Waals surface area contributed by atoms with E-state index in [-0.39, 0.29) is 29.7 Å². The summed E-state index contributed by atoms with van der Waals surface area (Å²) in [4.78, 5) is 14.7. The number of benzene rings is 1. The van der Waals surface area contributed by atoms with Crippen molar-refractivity contribution in [1.82, 2.24) is 4.90 Å². The maximum atomic E-state index is 13.3. The van der Waals surface area contributed by atoms with Crippen LogP contribution in [0.25, 0.3) is 0 Å². The van der Waals surface area contributed by atoms with Crippen LogP contribution >= 0.6 is 0 Å². The van der Waals surface area contributed by atoms with Crippen molar-refractivity contribution in [3.8, 4) is 5.75 Å². The summed E-state index contributed by atoms with van der Waals surface area (Å²) in [5, 5.41) is 0. The Morgan fingerprint density at radius 1 is 1.44 bits per heavy atom. The molecule has 6 heteroatoms. The molecule has 2 saturated heterocycles. The molecule has 0 aliphatic carbocycles. The van der Waals surface area contributed by atoms with Crippen molar-refractivity contribution in [1.29, 1.82) is 0 Å². The van der Waals surface area contributed by atoms with Crippen LogP contribution in [0.15, 0.2) is 18.2 Å². The molecule has 0 unspecified atom stereocenters. The summed E-state index contributed by atoms with van der Waals surface area (Å²) >= 11 is 0. The number of likely N-dealkylation sites (tertiary alicyclic amines) is 1. The number of carbonyl (C=O) groups excluding carboxylic acids is 1. The molecule has 138 valence electrons. The minimum absolute atomic E-state index is 0.0319. The predicted octanol–water partition coefficient (Wildman–Crippen LogP) is 2.42. The number of piperidine rings is 1. The number of fused-ring (bicyclic) bond motifs is 1. The molecule has 0 saturated carbocycles.